The Morgan fingerprint density at radius 3 is 2.00 bits per heavy atom. The number of hydrazine groups is 1. The van der Waals surface area contributed by atoms with Crippen LogP contribution in [0.3, 0.4) is 0 Å². The second-order valence-corrected chi connectivity index (χ2v) is 7.37. The molecule has 0 saturated heterocycles. The summed E-state index contributed by atoms with van der Waals surface area (Å²) in [6.07, 6.45) is 0.124. The predicted molar refractivity (Wildman–Crippen MR) is 86.1 cm³/mol. The highest BCUT2D eigenvalue weighted by atomic mass is 35.5. The number of carbonyl (C=O) groups is 1. The molecule has 0 saturated carbocycles. The summed E-state index contributed by atoms with van der Waals surface area (Å²) in [5.74, 6) is -0.256. The number of aliphatic hydroxyl groups is 1. The van der Waals surface area contributed by atoms with Gasteiger partial charge in [-0.05, 0) is 13.3 Å². The highest BCUT2D eigenvalue weighted by molar-refractivity contribution is 5.91. The molecule has 6 nitrogen and oxygen atoms in total. The van der Waals surface area contributed by atoms with E-state index in [-0.39, 0.29) is 36.9 Å². The van der Waals surface area contributed by atoms with E-state index >= 15 is 0 Å². The zero-order valence-corrected chi connectivity index (χ0v) is 17.0. The van der Waals surface area contributed by atoms with Gasteiger partial charge in [0.15, 0.2) is 12.3 Å². The Bertz CT molecular complexity index is 371. The van der Waals surface area contributed by atoms with Crippen molar-refractivity contribution in [1.29, 1.82) is 0 Å². The third kappa shape index (κ3) is 10.9. The number of carbonyl (C=O) groups excluding carboxylic acids is 1. The highest BCUT2D eigenvalue weighted by Crippen LogP contribution is 2.11. The maximum Gasteiger partial charge on any atom is 0.260 e. The highest BCUT2D eigenvalue weighted by Gasteiger charge is 2.37. The second kappa shape index (κ2) is 11.2. The number of rotatable bonds is 9. The van der Waals surface area contributed by atoms with Gasteiger partial charge in [-0.15, -0.1) is 0 Å². The molecule has 2 unspecified atom stereocenters. The third-order valence-electron chi connectivity index (χ3n) is 3.37. The van der Waals surface area contributed by atoms with Gasteiger partial charge < -0.3 is 38.9 Å². The monoisotopic (exact) mass is 372 g/mol. The Hall–Kier alpha value is -0.370. The molecular weight excluding hydrogens is 339 g/mol. The standard InChI is InChI=1S/C15H33N4O2.2ClH/c1-9-10-19(7,8)14(13(20)11-18(4,5)6)16-17-15(21)12(2)3;;/h13-14,16,20H,2,9-11H2,1,3-8H3;2*1H/q+1;;/p-1. The zero-order valence-electron chi connectivity index (χ0n) is 15.5. The van der Waals surface area contributed by atoms with Crippen LogP contribution in [0.5, 0.6) is 0 Å². The fourth-order valence-corrected chi connectivity index (χ4v) is 2.36. The van der Waals surface area contributed by atoms with E-state index in [1.54, 1.807) is 6.92 Å². The number of halogens is 2. The summed E-state index contributed by atoms with van der Waals surface area (Å²) in [6, 6.07) is 0. The van der Waals surface area contributed by atoms with Crippen LogP contribution in [0, 0.1) is 0 Å². The largest absolute Gasteiger partial charge is 1.00 e. The molecular formula is C15H34Cl2N4O2. The number of hydrogen-bond donors (Lipinski definition) is 3. The normalized spacial score (nSPS) is 14.1. The predicted octanol–water partition coefficient (Wildman–Crippen LogP) is -5.93. The molecule has 0 rings (SSSR count). The van der Waals surface area contributed by atoms with Crippen molar-refractivity contribution in [3.63, 3.8) is 0 Å². The molecule has 2 atom stereocenters. The van der Waals surface area contributed by atoms with Crippen LogP contribution in [-0.4, -0.2) is 80.6 Å². The first-order valence-electron chi connectivity index (χ1n) is 7.43. The van der Waals surface area contributed by atoms with Crippen molar-refractivity contribution in [2.24, 2.45) is 0 Å². The van der Waals surface area contributed by atoms with Gasteiger partial charge in [-0.1, -0.05) is 13.5 Å². The molecule has 1 amide bonds. The number of hydrogen-bond acceptors (Lipinski definition) is 3. The van der Waals surface area contributed by atoms with Crippen LogP contribution in [0.1, 0.15) is 20.3 Å². The van der Waals surface area contributed by atoms with Gasteiger partial charge in [0.05, 0.1) is 41.8 Å². The topological polar surface area (TPSA) is 61.4 Å². The van der Waals surface area contributed by atoms with E-state index in [1.807, 2.05) is 35.2 Å². The van der Waals surface area contributed by atoms with Gasteiger partial charge >= 0.3 is 0 Å². The van der Waals surface area contributed by atoms with Gasteiger partial charge in [-0.2, -0.15) is 5.43 Å². The Morgan fingerprint density at radius 1 is 1.17 bits per heavy atom. The first-order chi connectivity index (χ1) is 9.40. The quantitative estimate of drug-likeness (QED) is 0.163. The van der Waals surface area contributed by atoms with Crippen molar-refractivity contribution in [3.05, 3.63) is 12.2 Å². The van der Waals surface area contributed by atoms with Crippen LogP contribution in [0.15, 0.2) is 12.2 Å². The zero-order chi connectivity index (χ0) is 16.8. The van der Waals surface area contributed by atoms with Gasteiger partial charge in [0.25, 0.3) is 5.91 Å². The van der Waals surface area contributed by atoms with Gasteiger partial charge in [-0.25, -0.2) is 0 Å². The molecule has 0 fully saturated rings. The van der Waals surface area contributed by atoms with Crippen molar-refractivity contribution in [3.8, 4) is 0 Å². The average Bonchev–Trinajstić information content (AvgIpc) is 2.25. The van der Waals surface area contributed by atoms with E-state index in [0.717, 1.165) is 13.0 Å². The van der Waals surface area contributed by atoms with Gasteiger partial charge in [-0.3, -0.25) is 10.2 Å². The lowest BCUT2D eigenvalue weighted by Crippen LogP contribution is -3.00. The fourth-order valence-electron chi connectivity index (χ4n) is 2.36. The number of nitrogens with one attached hydrogen (secondary N) is 2. The summed E-state index contributed by atoms with van der Waals surface area (Å²) in [4.78, 5) is 11.7. The summed E-state index contributed by atoms with van der Waals surface area (Å²) in [7, 11) is 10.2. The lowest BCUT2D eigenvalue weighted by Gasteiger charge is -2.41. The number of quaternary nitrogens is 2. The van der Waals surface area contributed by atoms with E-state index in [2.05, 4.69) is 24.4 Å². The van der Waals surface area contributed by atoms with Crippen LogP contribution in [0.25, 0.3) is 0 Å². The molecule has 0 radical (unpaired) electrons. The molecule has 0 heterocycles. The minimum atomic E-state index is -0.586. The fraction of sp³-hybridized carbons (Fsp3) is 0.800. The first kappa shape index (κ1) is 27.5. The smallest absolute Gasteiger partial charge is 0.260 e. The third-order valence-corrected chi connectivity index (χ3v) is 3.37. The molecule has 23 heavy (non-hydrogen) atoms. The number of likely N-dealkylation sites (N-methyl/N-ethyl adjacent to an activating group) is 2. The van der Waals surface area contributed by atoms with E-state index in [1.165, 1.54) is 0 Å². The first-order valence-corrected chi connectivity index (χ1v) is 7.43. The molecule has 0 spiro atoms. The minimum Gasteiger partial charge on any atom is -1.00 e. The second-order valence-electron chi connectivity index (χ2n) is 7.37. The molecule has 8 heteroatoms. The van der Waals surface area contributed by atoms with Crippen molar-refractivity contribution in [2.45, 2.75) is 32.5 Å². The molecule has 0 bridgehead atoms. The average molecular weight is 373 g/mol. The number of aliphatic hydroxyl groups excluding tert-OH is 1. The van der Waals surface area contributed by atoms with Crippen molar-refractivity contribution < 1.29 is 43.7 Å². The van der Waals surface area contributed by atoms with Crippen molar-refractivity contribution in [2.75, 3.05) is 48.3 Å². The summed E-state index contributed by atoms with van der Waals surface area (Å²) in [5.41, 5.74) is 6.08. The Morgan fingerprint density at radius 2 is 1.65 bits per heavy atom. The molecule has 0 aliphatic heterocycles. The molecule has 140 valence electrons. The Kier molecular flexibility index (Phi) is 13.4. The summed E-state index contributed by atoms with van der Waals surface area (Å²) < 4.78 is 1.23. The van der Waals surface area contributed by atoms with Crippen LogP contribution < -0.4 is 35.7 Å². The van der Waals surface area contributed by atoms with E-state index < -0.39 is 6.10 Å². The van der Waals surface area contributed by atoms with Crippen LogP contribution in [-0.2, 0) is 4.79 Å². The molecule has 0 aliphatic rings. The van der Waals surface area contributed by atoms with E-state index in [4.69, 9.17) is 0 Å². The van der Waals surface area contributed by atoms with Crippen molar-refractivity contribution >= 4 is 5.91 Å². The molecule has 0 aromatic heterocycles. The van der Waals surface area contributed by atoms with Crippen molar-refractivity contribution in [1.82, 2.24) is 10.9 Å². The molecule has 0 aromatic rings. The lowest BCUT2D eigenvalue weighted by atomic mass is 10.2. The number of nitrogens with zero attached hydrogens (tertiary/aromatic N) is 2. The molecule has 0 aromatic carbocycles. The van der Waals surface area contributed by atoms with Gasteiger partial charge in [0.1, 0.15) is 6.54 Å². The molecule has 0 aliphatic carbocycles. The number of amides is 1. The van der Waals surface area contributed by atoms with Gasteiger partial charge in [0, 0.05) is 5.57 Å². The van der Waals surface area contributed by atoms with Gasteiger partial charge in [0.2, 0.25) is 0 Å². The summed E-state index contributed by atoms with van der Waals surface area (Å²) in [5, 5.41) is 10.6. The van der Waals surface area contributed by atoms with Crippen LogP contribution >= 0.6 is 0 Å². The maximum atomic E-state index is 11.7. The Balaban J connectivity index is -0.00000200. The SMILES string of the molecule is C=C(C)C(=O)NNC(C(O)C[N+](C)(C)C)[N+](C)(C)CCC.[Cl-].[Cl-]. The Labute approximate surface area is 153 Å². The maximum absolute atomic E-state index is 11.7. The summed E-state index contributed by atoms with van der Waals surface area (Å²) in [6.45, 7) is 8.86. The summed E-state index contributed by atoms with van der Waals surface area (Å²) >= 11 is 0. The van der Waals surface area contributed by atoms with E-state index in [0.29, 0.717) is 21.1 Å². The van der Waals surface area contributed by atoms with Crippen LogP contribution in [0.4, 0.5) is 0 Å². The van der Waals surface area contributed by atoms with E-state index in [9.17, 15) is 9.90 Å². The van der Waals surface area contributed by atoms with Crippen LogP contribution in [0.2, 0.25) is 0 Å². The molecule has 3 N–H and O–H groups in total. The minimum absolute atomic E-state index is 0. The lowest BCUT2D eigenvalue weighted by molar-refractivity contribution is -0.931.